The van der Waals surface area contributed by atoms with Crippen molar-refractivity contribution in [2.45, 2.75) is 12.7 Å². The van der Waals surface area contributed by atoms with Crippen LogP contribution in [0.25, 0.3) is 10.9 Å². The number of nitrogens with zero attached hydrogens (tertiary/aromatic N) is 2. The van der Waals surface area contributed by atoms with E-state index in [1.54, 1.807) is 24.3 Å². The van der Waals surface area contributed by atoms with Gasteiger partial charge in [-0.15, -0.1) is 0 Å². The molecule has 0 saturated heterocycles. The number of benzene rings is 2. The fourth-order valence-electron chi connectivity index (χ4n) is 2.55. The van der Waals surface area contributed by atoms with Gasteiger partial charge in [0.1, 0.15) is 12.1 Å². The standard InChI is InChI=1S/C18H14F3N3O2/c1-26-17(25)14-7-3-6-13-15(14)23-10-24-16(13)22-9-11-4-2-5-12(8-11)18(19,20)21/h2-8,10H,9H2,1H3,(H,22,23,24). The van der Waals surface area contributed by atoms with Gasteiger partial charge in [-0.1, -0.05) is 18.2 Å². The monoisotopic (exact) mass is 361 g/mol. The molecule has 8 heteroatoms. The highest BCUT2D eigenvalue weighted by molar-refractivity contribution is 6.05. The molecule has 0 saturated carbocycles. The van der Waals surface area contributed by atoms with Gasteiger partial charge in [0, 0.05) is 11.9 Å². The molecule has 0 spiro atoms. The number of aromatic nitrogens is 2. The van der Waals surface area contributed by atoms with Crippen LogP contribution >= 0.6 is 0 Å². The minimum absolute atomic E-state index is 0.137. The molecule has 0 aliphatic rings. The summed E-state index contributed by atoms with van der Waals surface area (Å²) in [7, 11) is 1.27. The molecule has 0 aliphatic heterocycles. The Balaban J connectivity index is 1.90. The Morgan fingerprint density at radius 2 is 1.92 bits per heavy atom. The molecule has 0 radical (unpaired) electrons. The number of alkyl halides is 3. The molecule has 0 amide bonds. The van der Waals surface area contributed by atoms with Crippen LogP contribution in [0.2, 0.25) is 0 Å². The Labute approximate surface area is 146 Å². The molecule has 0 aliphatic carbocycles. The van der Waals surface area contributed by atoms with Crippen LogP contribution in [-0.4, -0.2) is 23.0 Å². The average Bonchev–Trinajstić information content (AvgIpc) is 2.64. The van der Waals surface area contributed by atoms with E-state index >= 15 is 0 Å². The van der Waals surface area contributed by atoms with Gasteiger partial charge in [-0.3, -0.25) is 0 Å². The highest BCUT2D eigenvalue weighted by Gasteiger charge is 2.30. The van der Waals surface area contributed by atoms with Crippen LogP contribution < -0.4 is 5.32 Å². The number of esters is 1. The molecular formula is C18H14F3N3O2. The molecule has 5 nitrogen and oxygen atoms in total. The van der Waals surface area contributed by atoms with E-state index in [2.05, 4.69) is 15.3 Å². The van der Waals surface area contributed by atoms with E-state index in [-0.39, 0.29) is 12.1 Å². The summed E-state index contributed by atoms with van der Waals surface area (Å²) in [6.07, 6.45) is -3.11. The minimum atomic E-state index is -4.40. The van der Waals surface area contributed by atoms with Crippen LogP contribution in [0.5, 0.6) is 0 Å². The number of carbonyl (C=O) groups excluding carboxylic acids is 1. The van der Waals surface area contributed by atoms with Crippen molar-refractivity contribution in [2.75, 3.05) is 12.4 Å². The highest BCUT2D eigenvalue weighted by Crippen LogP contribution is 2.30. The number of carbonyl (C=O) groups is 1. The number of methoxy groups -OCH3 is 1. The zero-order valence-electron chi connectivity index (χ0n) is 13.7. The van der Waals surface area contributed by atoms with Gasteiger partial charge < -0.3 is 10.1 Å². The van der Waals surface area contributed by atoms with Gasteiger partial charge in [-0.25, -0.2) is 14.8 Å². The number of anilines is 1. The third kappa shape index (κ3) is 3.58. The number of nitrogens with one attached hydrogen (secondary N) is 1. The highest BCUT2D eigenvalue weighted by atomic mass is 19.4. The molecule has 1 aromatic heterocycles. The molecular weight excluding hydrogens is 347 g/mol. The first-order valence-electron chi connectivity index (χ1n) is 7.62. The van der Waals surface area contributed by atoms with E-state index < -0.39 is 17.7 Å². The van der Waals surface area contributed by atoms with E-state index in [1.807, 2.05) is 0 Å². The predicted molar refractivity (Wildman–Crippen MR) is 89.6 cm³/mol. The van der Waals surface area contributed by atoms with Crippen molar-refractivity contribution in [3.8, 4) is 0 Å². The van der Waals surface area contributed by atoms with Crippen molar-refractivity contribution in [3.05, 3.63) is 65.5 Å². The van der Waals surface area contributed by atoms with Gasteiger partial charge in [0.15, 0.2) is 0 Å². The Morgan fingerprint density at radius 1 is 1.15 bits per heavy atom. The van der Waals surface area contributed by atoms with E-state index in [1.165, 1.54) is 19.5 Å². The molecule has 26 heavy (non-hydrogen) atoms. The third-order valence-corrected chi connectivity index (χ3v) is 3.78. The molecule has 1 heterocycles. The summed E-state index contributed by atoms with van der Waals surface area (Å²) in [6, 6.07) is 10.0. The Morgan fingerprint density at radius 3 is 2.65 bits per heavy atom. The first-order valence-corrected chi connectivity index (χ1v) is 7.62. The number of halogens is 3. The quantitative estimate of drug-likeness (QED) is 0.711. The SMILES string of the molecule is COC(=O)c1cccc2c(NCc3cccc(C(F)(F)F)c3)ncnc12. The zero-order chi connectivity index (χ0) is 18.7. The summed E-state index contributed by atoms with van der Waals surface area (Å²) in [5.41, 5.74) is 0.434. The predicted octanol–water partition coefficient (Wildman–Crippen LogP) is 4.05. The second kappa shape index (κ2) is 6.99. The molecule has 2 aromatic carbocycles. The van der Waals surface area contributed by atoms with E-state index in [0.717, 1.165) is 12.1 Å². The van der Waals surface area contributed by atoms with E-state index in [0.29, 0.717) is 22.3 Å². The van der Waals surface area contributed by atoms with Crippen molar-refractivity contribution in [1.82, 2.24) is 9.97 Å². The molecule has 1 N–H and O–H groups in total. The lowest BCUT2D eigenvalue weighted by molar-refractivity contribution is -0.137. The first kappa shape index (κ1) is 17.7. The summed E-state index contributed by atoms with van der Waals surface area (Å²) in [6.45, 7) is 0.137. The van der Waals surface area contributed by atoms with Crippen LogP contribution in [0.1, 0.15) is 21.5 Å². The fraction of sp³-hybridized carbons (Fsp3) is 0.167. The maximum Gasteiger partial charge on any atom is 0.416 e. The molecule has 0 fully saturated rings. The van der Waals surface area contributed by atoms with Gasteiger partial charge in [0.25, 0.3) is 0 Å². The van der Waals surface area contributed by atoms with Gasteiger partial charge >= 0.3 is 12.1 Å². The van der Waals surface area contributed by atoms with Crippen LogP contribution in [0.4, 0.5) is 19.0 Å². The lowest BCUT2D eigenvalue weighted by atomic mass is 10.1. The van der Waals surface area contributed by atoms with Crippen molar-refractivity contribution in [3.63, 3.8) is 0 Å². The zero-order valence-corrected chi connectivity index (χ0v) is 13.7. The summed E-state index contributed by atoms with van der Waals surface area (Å²) in [5, 5.41) is 3.57. The molecule has 0 unspecified atom stereocenters. The molecule has 0 atom stereocenters. The molecule has 3 rings (SSSR count). The smallest absolute Gasteiger partial charge is 0.416 e. The van der Waals surface area contributed by atoms with Crippen molar-refractivity contribution < 1.29 is 22.7 Å². The lowest BCUT2D eigenvalue weighted by Crippen LogP contribution is -2.08. The van der Waals surface area contributed by atoms with Crippen LogP contribution in [0.3, 0.4) is 0 Å². The Hall–Kier alpha value is -3.16. The van der Waals surface area contributed by atoms with Crippen molar-refractivity contribution in [2.24, 2.45) is 0 Å². The fourth-order valence-corrected chi connectivity index (χ4v) is 2.55. The second-order valence-corrected chi connectivity index (χ2v) is 5.47. The number of fused-ring (bicyclic) bond motifs is 1. The Kier molecular flexibility index (Phi) is 4.75. The van der Waals surface area contributed by atoms with Crippen molar-refractivity contribution >= 4 is 22.7 Å². The van der Waals surface area contributed by atoms with Crippen LogP contribution in [0, 0.1) is 0 Å². The second-order valence-electron chi connectivity index (χ2n) is 5.47. The average molecular weight is 361 g/mol. The van der Waals surface area contributed by atoms with Crippen LogP contribution in [0.15, 0.2) is 48.8 Å². The van der Waals surface area contributed by atoms with Gasteiger partial charge in [-0.2, -0.15) is 13.2 Å². The topological polar surface area (TPSA) is 64.1 Å². The van der Waals surface area contributed by atoms with Gasteiger partial charge in [-0.05, 0) is 29.8 Å². The maximum absolute atomic E-state index is 12.8. The van der Waals surface area contributed by atoms with E-state index in [9.17, 15) is 18.0 Å². The number of hydrogen-bond donors (Lipinski definition) is 1. The molecule has 0 bridgehead atoms. The largest absolute Gasteiger partial charge is 0.465 e. The van der Waals surface area contributed by atoms with Crippen LogP contribution in [-0.2, 0) is 17.5 Å². The molecule has 3 aromatic rings. The third-order valence-electron chi connectivity index (χ3n) is 3.78. The number of rotatable bonds is 4. The number of hydrogen-bond acceptors (Lipinski definition) is 5. The minimum Gasteiger partial charge on any atom is -0.465 e. The van der Waals surface area contributed by atoms with E-state index in [4.69, 9.17) is 4.74 Å². The summed E-state index contributed by atoms with van der Waals surface area (Å²) < 4.78 is 43.2. The maximum atomic E-state index is 12.8. The van der Waals surface area contributed by atoms with Crippen molar-refractivity contribution in [1.29, 1.82) is 0 Å². The van der Waals surface area contributed by atoms with Gasteiger partial charge in [0.05, 0.1) is 23.8 Å². The molecule has 134 valence electrons. The lowest BCUT2D eigenvalue weighted by Gasteiger charge is -2.12. The number of ether oxygens (including phenoxy) is 1. The number of para-hydroxylation sites is 1. The first-order chi connectivity index (χ1) is 12.4. The summed E-state index contributed by atoms with van der Waals surface area (Å²) in [5.74, 6) is -0.115. The normalized spacial score (nSPS) is 11.4. The summed E-state index contributed by atoms with van der Waals surface area (Å²) in [4.78, 5) is 20.1. The van der Waals surface area contributed by atoms with Gasteiger partial charge in [0.2, 0.25) is 0 Å². The Bertz CT molecular complexity index is 958. The summed E-state index contributed by atoms with van der Waals surface area (Å²) >= 11 is 0.